The van der Waals surface area contributed by atoms with E-state index in [-0.39, 0.29) is 29.0 Å². The molecule has 2 aliphatic rings. The number of carbonyl (C=O) groups is 1. The Morgan fingerprint density at radius 1 is 1.06 bits per heavy atom. The van der Waals surface area contributed by atoms with Crippen molar-refractivity contribution in [3.63, 3.8) is 0 Å². The summed E-state index contributed by atoms with van der Waals surface area (Å²) in [5, 5.41) is 9.87. The van der Waals surface area contributed by atoms with E-state index in [0.29, 0.717) is 27.1 Å². The summed E-state index contributed by atoms with van der Waals surface area (Å²) < 4.78 is 49.3. The Kier molecular flexibility index (Phi) is 5.24. The summed E-state index contributed by atoms with van der Waals surface area (Å²) >= 11 is 0. The van der Waals surface area contributed by atoms with Crippen LogP contribution in [0.2, 0.25) is 0 Å². The molecule has 2 heterocycles. The molecule has 3 aromatic carbocycles. The first kappa shape index (κ1) is 21.9. The van der Waals surface area contributed by atoms with Gasteiger partial charge in [0.1, 0.15) is 6.10 Å². The lowest BCUT2D eigenvalue weighted by Crippen LogP contribution is -2.35. The zero-order chi connectivity index (χ0) is 24.0. The summed E-state index contributed by atoms with van der Waals surface area (Å²) in [6.07, 6.45) is -2.05. The lowest BCUT2D eigenvalue weighted by Gasteiger charge is -2.21. The molecular weight excluding hydrogens is 462 g/mol. The summed E-state index contributed by atoms with van der Waals surface area (Å²) in [5.41, 5.74) is 1.41. The second-order valence-corrected chi connectivity index (χ2v) is 9.66. The van der Waals surface area contributed by atoms with E-state index in [9.17, 15) is 18.3 Å². The average Bonchev–Trinajstić information content (AvgIpc) is 3.43. The first-order valence-corrected chi connectivity index (χ1v) is 11.9. The maximum atomic E-state index is 13.2. The second-order valence-electron chi connectivity index (χ2n) is 7.87. The molecule has 0 saturated heterocycles. The summed E-state index contributed by atoms with van der Waals surface area (Å²) in [4.78, 5) is 12.0. The summed E-state index contributed by atoms with van der Waals surface area (Å²) in [6.45, 7) is 2.07. The minimum absolute atomic E-state index is 0.0614. The Hall–Kier alpha value is -3.92. The van der Waals surface area contributed by atoms with E-state index in [1.807, 2.05) is 19.1 Å². The monoisotopic (exact) mass is 483 g/mol. The molecule has 2 unspecified atom stereocenters. The van der Waals surface area contributed by atoms with E-state index in [2.05, 4.69) is 0 Å². The van der Waals surface area contributed by atoms with E-state index in [4.69, 9.17) is 18.9 Å². The number of anilines is 1. The van der Waals surface area contributed by atoms with Crippen molar-refractivity contribution in [2.45, 2.75) is 23.8 Å². The van der Waals surface area contributed by atoms with Crippen LogP contribution in [0.1, 0.15) is 30.1 Å². The lowest BCUT2D eigenvalue weighted by atomic mass is 9.92. The molecular formula is C24H21NO8S. The van der Waals surface area contributed by atoms with Gasteiger partial charge in [-0.15, -0.1) is 0 Å². The number of benzene rings is 3. The van der Waals surface area contributed by atoms with Gasteiger partial charge in [-0.25, -0.2) is 13.2 Å². The predicted molar refractivity (Wildman–Crippen MR) is 121 cm³/mol. The third-order valence-corrected chi connectivity index (χ3v) is 7.61. The first-order valence-electron chi connectivity index (χ1n) is 10.4. The fourth-order valence-corrected chi connectivity index (χ4v) is 5.53. The molecule has 10 heteroatoms. The van der Waals surface area contributed by atoms with Gasteiger partial charge in [-0.05, 0) is 35.9 Å². The number of sulfonamides is 1. The molecule has 3 aromatic rings. The molecule has 0 bridgehead atoms. The van der Waals surface area contributed by atoms with Gasteiger partial charge in [0, 0.05) is 17.5 Å². The van der Waals surface area contributed by atoms with Crippen molar-refractivity contribution in [2.75, 3.05) is 18.2 Å². The average molecular weight is 483 g/mol. The standard InChI is InChI=1S/C24H21NO8S/c1-14-18-11-16(25(24(26)27)34(28,29)17-6-4-3-5-7-17)12-21(30-2)23(18)33-22(14)15-8-9-19-20(10-15)32-13-31-19/h3-12,14,22H,13H2,1-2H3,(H,26,27). The van der Waals surface area contributed by atoms with Crippen LogP contribution < -0.4 is 23.3 Å². The van der Waals surface area contributed by atoms with Crippen molar-refractivity contribution in [2.24, 2.45) is 0 Å². The number of methoxy groups -OCH3 is 1. The van der Waals surface area contributed by atoms with Gasteiger partial charge in [-0.2, -0.15) is 4.31 Å². The van der Waals surface area contributed by atoms with Gasteiger partial charge < -0.3 is 24.1 Å². The van der Waals surface area contributed by atoms with Gasteiger partial charge in [-0.1, -0.05) is 31.2 Å². The largest absolute Gasteiger partial charge is 0.493 e. The highest BCUT2D eigenvalue weighted by molar-refractivity contribution is 7.93. The molecule has 5 rings (SSSR count). The summed E-state index contributed by atoms with van der Waals surface area (Å²) in [5.74, 6) is 1.69. The number of hydrogen-bond donors (Lipinski definition) is 1. The van der Waals surface area contributed by atoms with E-state index >= 15 is 0 Å². The van der Waals surface area contributed by atoms with Gasteiger partial charge in [0.05, 0.1) is 17.7 Å². The van der Waals surface area contributed by atoms with Crippen molar-refractivity contribution >= 4 is 21.8 Å². The number of ether oxygens (including phenoxy) is 4. The number of hydrogen-bond acceptors (Lipinski definition) is 7. The van der Waals surface area contributed by atoms with Crippen LogP contribution in [0.3, 0.4) is 0 Å². The van der Waals surface area contributed by atoms with Crippen molar-refractivity contribution in [1.82, 2.24) is 0 Å². The minimum Gasteiger partial charge on any atom is -0.493 e. The second kappa shape index (κ2) is 8.14. The molecule has 0 radical (unpaired) electrons. The Morgan fingerprint density at radius 3 is 2.50 bits per heavy atom. The Bertz CT molecular complexity index is 1370. The SMILES string of the molecule is COc1cc(N(C(=O)O)S(=O)(=O)c2ccccc2)cc2c1OC(c1ccc3c(c1)OCO3)C2C. The number of fused-ring (bicyclic) bond motifs is 2. The van der Waals surface area contributed by atoms with Crippen molar-refractivity contribution in [3.05, 3.63) is 71.8 Å². The molecule has 2 atom stereocenters. The molecule has 0 saturated carbocycles. The Balaban J connectivity index is 1.57. The van der Waals surface area contributed by atoms with E-state index in [0.717, 1.165) is 5.56 Å². The van der Waals surface area contributed by atoms with Crippen molar-refractivity contribution in [3.8, 4) is 23.0 Å². The van der Waals surface area contributed by atoms with Crippen LogP contribution >= 0.6 is 0 Å². The van der Waals surface area contributed by atoms with E-state index in [1.54, 1.807) is 12.1 Å². The highest BCUT2D eigenvalue weighted by Gasteiger charge is 2.38. The van der Waals surface area contributed by atoms with Crippen LogP contribution in [0.25, 0.3) is 0 Å². The molecule has 0 aromatic heterocycles. The van der Waals surface area contributed by atoms with Crippen molar-refractivity contribution < 1.29 is 37.3 Å². The topological polar surface area (TPSA) is 112 Å². The molecule has 1 N–H and O–H groups in total. The first-order chi connectivity index (χ1) is 16.3. The Labute approximate surface area is 196 Å². The zero-order valence-electron chi connectivity index (χ0n) is 18.3. The fraction of sp³-hybridized carbons (Fsp3) is 0.208. The third kappa shape index (κ3) is 3.47. The maximum absolute atomic E-state index is 13.2. The predicted octanol–water partition coefficient (Wildman–Crippen LogP) is 4.53. The summed E-state index contributed by atoms with van der Waals surface area (Å²) in [7, 11) is -2.96. The molecule has 0 spiro atoms. The van der Waals surface area contributed by atoms with Crippen LogP contribution in [0.5, 0.6) is 23.0 Å². The molecule has 0 fully saturated rings. The van der Waals surface area contributed by atoms with Gasteiger partial charge in [-0.3, -0.25) is 0 Å². The van der Waals surface area contributed by atoms with Gasteiger partial charge in [0.15, 0.2) is 23.0 Å². The quantitative estimate of drug-likeness (QED) is 0.563. The van der Waals surface area contributed by atoms with Crippen LogP contribution in [0, 0.1) is 0 Å². The number of carboxylic acid groups (broad SMARTS) is 1. The third-order valence-electron chi connectivity index (χ3n) is 5.89. The molecule has 9 nitrogen and oxygen atoms in total. The van der Waals surface area contributed by atoms with Gasteiger partial charge in [0.25, 0.3) is 10.0 Å². The maximum Gasteiger partial charge on any atom is 0.426 e. The molecule has 0 aliphatic carbocycles. The Morgan fingerprint density at radius 2 is 1.79 bits per heavy atom. The molecule has 2 aliphatic heterocycles. The summed E-state index contributed by atoms with van der Waals surface area (Å²) in [6, 6.07) is 15.8. The van der Waals surface area contributed by atoms with Gasteiger partial charge >= 0.3 is 6.09 Å². The number of rotatable bonds is 5. The van der Waals surface area contributed by atoms with Crippen LogP contribution in [0.15, 0.2) is 65.6 Å². The van der Waals surface area contributed by atoms with Crippen LogP contribution in [-0.2, 0) is 10.0 Å². The lowest BCUT2D eigenvalue weighted by molar-refractivity contribution is 0.173. The van der Waals surface area contributed by atoms with Crippen LogP contribution in [-0.4, -0.2) is 33.5 Å². The highest BCUT2D eigenvalue weighted by atomic mass is 32.2. The normalized spacial score (nSPS) is 18.2. The molecule has 1 amide bonds. The fourth-order valence-electron chi connectivity index (χ4n) is 4.23. The van der Waals surface area contributed by atoms with E-state index in [1.165, 1.54) is 43.5 Å². The molecule has 176 valence electrons. The van der Waals surface area contributed by atoms with Gasteiger partial charge in [0.2, 0.25) is 6.79 Å². The van der Waals surface area contributed by atoms with Crippen molar-refractivity contribution in [1.29, 1.82) is 0 Å². The number of amides is 1. The van der Waals surface area contributed by atoms with Crippen LogP contribution in [0.4, 0.5) is 10.5 Å². The molecule has 34 heavy (non-hydrogen) atoms. The smallest absolute Gasteiger partial charge is 0.426 e. The number of nitrogens with zero attached hydrogens (tertiary/aromatic N) is 1. The zero-order valence-corrected chi connectivity index (χ0v) is 19.1. The van der Waals surface area contributed by atoms with E-state index < -0.39 is 22.2 Å². The highest BCUT2D eigenvalue weighted by Crippen LogP contribution is 2.53. The minimum atomic E-state index is -4.38.